The molecule has 0 fully saturated rings. The number of hydrogen-bond donors (Lipinski definition) is 6. The lowest BCUT2D eigenvalue weighted by molar-refractivity contribution is -0.118. The fraction of sp³-hybridized carbons (Fsp3) is 0.524. The summed E-state index contributed by atoms with van der Waals surface area (Å²) >= 11 is 0. The second-order valence-corrected chi connectivity index (χ2v) is 8.40. The third-order valence-electron chi connectivity index (χ3n) is 4.35. The molecule has 0 bridgehead atoms. The minimum Gasteiger partial charge on any atom is -0.465 e. The first-order chi connectivity index (χ1) is 15.3. The van der Waals surface area contributed by atoms with E-state index in [0.717, 1.165) is 4.90 Å². The molecule has 0 aromatic heterocycles. The number of alkyl carbamates (subject to hydrolysis) is 1. The molecule has 1 unspecified atom stereocenters. The van der Waals surface area contributed by atoms with Gasteiger partial charge >= 0.3 is 18.2 Å². The van der Waals surface area contributed by atoms with Gasteiger partial charge in [0, 0.05) is 25.8 Å². The van der Waals surface area contributed by atoms with Gasteiger partial charge in [-0.2, -0.15) is 0 Å². The number of amides is 5. The normalized spacial score (nSPS) is 11.8. The van der Waals surface area contributed by atoms with Crippen molar-refractivity contribution in [1.82, 2.24) is 15.5 Å². The van der Waals surface area contributed by atoms with Gasteiger partial charge in [-0.3, -0.25) is 4.79 Å². The Labute approximate surface area is 192 Å². The summed E-state index contributed by atoms with van der Waals surface area (Å²) in [5.41, 5.74) is 5.67. The van der Waals surface area contributed by atoms with Crippen LogP contribution in [0, 0.1) is 0 Å². The molecule has 0 saturated heterocycles. The van der Waals surface area contributed by atoms with Crippen molar-refractivity contribution in [1.29, 1.82) is 0 Å². The first-order valence-corrected chi connectivity index (χ1v) is 10.3. The number of carboxylic acid groups (broad SMARTS) is 1. The van der Waals surface area contributed by atoms with Crippen LogP contribution < -0.4 is 21.7 Å². The minimum atomic E-state index is -1.14. The van der Waals surface area contributed by atoms with E-state index in [0.29, 0.717) is 23.2 Å². The number of hydrogen-bond acceptors (Lipinski definition) is 6. The zero-order chi connectivity index (χ0) is 25.2. The molecule has 1 rings (SSSR count). The van der Waals surface area contributed by atoms with Gasteiger partial charge in [0.05, 0.1) is 6.61 Å². The third kappa shape index (κ3) is 10.5. The summed E-state index contributed by atoms with van der Waals surface area (Å²) in [4.78, 5) is 48.1. The van der Waals surface area contributed by atoms with Crippen molar-refractivity contribution in [2.24, 2.45) is 5.73 Å². The molecule has 12 heteroatoms. The van der Waals surface area contributed by atoms with Crippen LogP contribution in [0.15, 0.2) is 18.2 Å². The zero-order valence-corrected chi connectivity index (χ0v) is 19.3. The molecule has 0 spiro atoms. The molecule has 7 N–H and O–H groups in total. The van der Waals surface area contributed by atoms with Crippen LogP contribution in [0.5, 0.6) is 0 Å². The van der Waals surface area contributed by atoms with Crippen LogP contribution in [0.25, 0.3) is 0 Å². The predicted octanol–water partition coefficient (Wildman–Crippen LogP) is 1.57. The largest absolute Gasteiger partial charge is 0.465 e. The predicted molar refractivity (Wildman–Crippen MR) is 120 cm³/mol. The number of aliphatic hydroxyl groups excluding tert-OH is 1. The Balaban J connectivity index is 2.97. The van der Waals surface area contributed by atoms with Crippen LogP contribution in [-0.4, -0.2) is 64.5 Å². The third-order valence-corrected chi connectivity index (χ3v) is 4.35. The van der Waals surface area contributed by atoms with Gasteiger partial charge in [-0.15, -0.1) is 0 Å². The molecule has 1 atom stereocenters. The maximum absolute atomic E-state index is 12.9. The highest BCUT2D eigenvalue weighted by atomic mass is 16.6. The lowest BCUT2D eigenvalue weighted by Gasteiger charge is -2.23. The van der Waals surface area contributed by atoms with Gasteiger partial charge in [-0.05, 0) is 56.9 Å². The van der Waals surface area contributed by atoms with E-state index in [1.165, 1.54) is 7.05 Å². The maximum Gasteiger partial charge on any atom is 0.408 e. The van der Waals surface area contributed by atoms with Crippen molar-refractivity contribution in [3.63, 3.8) is 0 Å². The fourth-order valence-electron chi connectivity index (χ4n) is 2.79. The number of primary amides is 1. The summed E-state index contributed by atoms with van der Waals surface area (Å²) in [6.07, 6.45) is -1.37. The van der Waals surface area contributed by atoms with E-state index in [9.17, 15) is 24.3 Å². The maximum atomic E-state index is 12.9. The monoisotopic (exact) mass is 467 g/mol. The van der Waals surface area contributed by atoms with Gasteiger partial charge in [0.1, 0.15) is 11.6 Å². The van der Waals surface area contributed by atoms with E-state index in [1.54, 1.807) is 39.0 Å². The highest BCUT2D eigenvalue weighted by molar-refractivity contribution is 5.96. The molecule has 0 heterocycles. The van der Waals surface area contributed by atoms with Crippen LogP contribution in [0.1, 0.15) is 44.7 Å². The summed E-state index contributed by atoms with van der Waals surface area (Å²) in [7, 11) is 1.38. The minimum absolute atomic E-state index is 0.00725. The van der Waals surface area contributed by atoms with E-state index in [2.05, 4.69) is 16.0 Å². The molecular weight excluding hydrogens is 434 g/mol. The van der Waals surface area contributed by atoms with Crippen molar-refractivity contribution in [2.45, 2.75) is 58.4 Å². The quantitative estimate of drug-likeness (QED) is 0.282. The molecule has 0 aliphatic heterocycles. The van der Waals surface area contributed by atoms with E-state index in [1.807, 2.05) is 0 Å². The van der Waals surface area contributed by atoms with Crippen LogP contribution in [0.3, 0.4) is 0 Å². The average molecular weight is 468 g/mol. The summed E-state index contributed by atoms with van der Waals surface area (Å²) in [5.74, 6) is -0.533. The number of rotatable bonds is 10. The molecule has 1 aromatic rings. The highest BCUT2D eigenvalue weighted by Crippen LogP contribution is 2.19. The lowest BCUT2D eigenvalue weighted by Crippen LogP contribution is -2.46. The Hall–Kier alpha value is -3.54. The number of carbonyl (C=O) groups excluding carboxylic acids is 3. The highest BCUT2D eigenvalue weighted by Gasteiger charge is 2.24. The Kier molecular flexibility index (Phi) is 10.4. The SMILES string of the molecule is CN(Cc1cc(NC(=O)C(CCCNC(N)=O)NC(=O)OC(C)(C)C)ccc1CO)C(=O)O. The average Bonchev–Trinajstić information content (AvgIpc) is 2.68. The second kappa shape index (κ2) is 12.5. The number of urea groups is 1. The number of ether oxygens (including phenoxy) is 1. The second-order valence-electron chi connectivity index (χ2n) is 8.40. The Morgan fingerprint density at radius 3 is 2.39 bits per heavy atom. The van der Waals surface area contributed by atoms with Gasteiger partial charge in [0.2, 0.25) is 5.91 Å². The van der Waals surface area contributed by atoms with Crippen LogP contribution in [-0.2, 0) is 22.7 Å². The summed E-state index contributed by atoms with van der Waals surface area (Å²) in [5, 5.41) is 26.3. The van der Waals surface area contributed by atoms with E-state index in [-0.39, 0.29) is 26.1 Å². The topological polar surface area (TPSA) is 183 Å². The summed E-state index contributed by atoms with van der Waals surface area (Å²) in [6.45, 7) is 5.00. The molecular formula is C21H33N5O7. The van der Waals surface area contributed by atoms with Crippen molar-refractivity contribution in [3.05, 3.63) is 29.3 Å². The Morgan fingerprint density at radius 1 is 1.18 bits per heavy atom. The van der Waals surface area contributed by atoms with Gasteiger partial charge in [-0.1, -0.05) is 6.07 Å². The Morgan fingerprint density at radius 2 is 1.85 bits per heavy atom. The summed E-state index contributed by atoms with van der Waals surface area (Å²) in [6, 6.07) is 3.03. The van der Waals surface area contributed by atoms with Gasteiger partial charge < -0.3 is 41.5 Å². The van der Waals surface area contributed by atoms with E-state index < -0.39 is 35.8 Å². The molecule has 1 aromatic carbocycles. The number of aliphatic hydroxyl groups is 1. The number of carbonyl (C=O) groups is 4. The van der Waals surface area contributed by atoms with Crippen molar-refractivity contribution in [3.8, 4) is 0 Å². The van der Waals surface area contributed by atoms with Gasteiger partial charge in [0.15, 0.2) is 0 Å². The standard InChI is InChI=1S/C21H33N5O7/c1-21(2,3)33-19(30)25-16(6-5-9-23-18(22)29)17(28)24-15-8-7-13(12-27)14(10-15)11-26(4)20(31)32/h7-8,10,16,27H,5-6,9,11-12H2,1-4H3,(H,24,28)(H,25,30)(H,31,32)(H3,22,23,29). The number of nitrogens with zero attached hydrogens (tertiary/aromatic N) is 1. The molecule has 33 heavy (non-hydrogen) atoms. The number of benzene rings is 1. The fourth-order valence-corrected chi connectivity index (χ4v) is 2.79. The molecule has 5 amide bonds. The van der Waals surface area contributed by atoms with Crippen molar-refractivity contribution >= 4 is 29.8 Å². The molecule has 0 saturated carbocycles. The molecule has 184 valence electrons. The summed E-state index contributed by atoms with van der Waals surface area (Å²) < 4.78 is 5.22. The molecule has 0 aliphatic rings. The zero-order valence-electron chi connectivity index (χ0n) is 19.3. The van der Waals surface area contributed by atoms with E-state index >= 15 is 0 Å². The van der Waals surface area contributed by atoms with Gasteiger partial charge in [0.25, 0.3) is 0 Å². The first-order valence-electron chi connectivity index (χ1n) is 10.3. The van der Waals surface area contributed by atoms with Crippen molar-refractivity contribution in [2.75, 3.05) is 18.9 Å². The first kappa shape index (κ1) is 27.5. The molecule has 0 radical (unpaired) electrons. The van der Waals surface area contributed by atoms with Crippen LogP contribution in [0.4, 0.5) is 20.1 Å². The molecule has 0 aliphatic carbocycles. The molecule has 12 nitrogen and oxygen atoms in total. The van der Waals surface area contributed by atoms with Crippen LogP contribution in [0.2, 0.25) is 0 Å². The smallest absolute Gasteiger partial charge is 0.408 e. The lowest BCUT2D eigenvalue weighted by atomic mass is 10.1. The van der Waals surface area contributed by atoms with E-state index in [4.69, 9.17) is 15.6 Å². The number of nitrogens with two attached hydrogens (primary N) is 1. The van der Waals surface area contributed by atoms with Crippen molar-refractivity contribution < 1.29 is 34.1 Å². The number of anilines is 1. The van der Waals surface area contributed by atoms with Crippen LogP contribution >= 0.6 is 0 Å². The van der Waals surface area contributed by atoms with Gasteiger partial charge in [-0.25, -0.2) is 14.4 Å². The number of nitrogens with one attached hydrogen (secondary N) is 3. The Bertz CT molecular complexity index is 854.